The summed E-state index contributed by atoms with van der Waals surface area (Å²) < 4.78 is 0. The molecule has 2 heterocycles. The summed E-state index contributed by atoms with van der Waals surface area (Å²) in [6, 6.07) is 9.57. The average Bonchev–Trinajstić information content (AvgIpc) is 3.45. The average molecular weight is 323 g/mol. The summed E-state index contributed by atoms with van der Waals surface area (Å²) in [6.07, 6.45) is 3.90. The Labute approximate surface area is 140 Å². The van der Waals surface area contributed by atoms with Crippen LogP contribution in [-0.2, 0) is 4.79 Å². The van der Waals surface area contributed by atoms with Gasteiger partial charge in [-0.05, 0) is 37.8 Å². The molecule has 5 heteroatoms. The highest BCUT2D eigenvalue weighted by Gasteiger charge is 2.36. The van der Waals surface area contributed by atoms with Crippen LogP contribution in [0.25, 0.3) is 10.9 Å². The number of fused-ring (bicyclic) bond motifs is 1. The molecule has 1 aromatic carbocycles. The molecule has 2 aromatic rings. The Bertz CT molecular complexity index is 813. The zero-order chi connectivity index (χ0) is 16.7. The summed E-state index contributed by atoms with van der Waals surface area (Å²) in [5.74, 6) is 0.118. The molecule has 2 N–H and O–H groups in total. The van der Waals surface area contributed by atoms with Crippen LogP contribution < -0.4 is 5.73 Å². The highest BCUT2D eigenvalue weighted by atomic mass is 16.2. The molecule has 2 amide bonds. The van der Waals surface area contributed by atoms with Crippen LogP contribution in [0.5, 0.6) is 0 Å². The van der Waals surface area contributed by atoms with Crippen molar-refractivity contribution < 1.29 is 9.59 Å². The van der Waals surface area contributed by atoms with Gasteiger partial charge in [0.25, 0.3) is 5.91 Å². The number of piperidine rings is 1. The maximum absolute atomic E-state index is 12.4. The third-order valence-electron chi connectivity index (χ3n) is 5.07. The number of carbonyl (C=O) groups excluding carboxylic acids is 2. The number of aromatic nitrogens is 1. The Morgan fingerprint density at radius 2 is 1.96 bits per heavy atom. The lowest BCUT2D eigenvalue weighted by Crippen LogP contribution is -2.40. The predicted molar refractivity (Wildman–Crippen MR) is 91.5 cm³/mol. The second-order valence-corrected chi connectivity index (χ2v) is 6.88. The van der Waals surface area contributed by atoms with E-state index in [1.807, 2.05) is 35.2 Å². The molecule has 1 saturated carbocycles. The van der Waals surface area contributed by atoms with Crippen molar-refractivity contribution in [2.24, 2.45) is 11.7 Å². The molecule has 1 aromatic heterocycles. The standard InChI is InChI=1S/C19H21N3O2/c20-18(23)15-10-13-4-1-2-6-16(13)21-17(15)14-5-3-9-22(11-14)19(24)12-7-8-12/h1-2,4,6,10,12,14H,3,5,7-9,11H2,(H2,20,23). The zero-order valence-electron chi connectivity index (χ0n) is 13.6. The number of nitrogens with zero attached hydrogens (tertiary/aromatic N) is 2. The molecular formula is C19H21N3O2. The number of para-hydroxylation sites is 1. The maximum Gasteiger partial charge on any atom is 0.250 e. The molecule has 124 valence electrons. The van der Waals surface area contributed by atoms with E-state index in [2.05, 4.69) is 0 Å². The van der Waals surface area contributed by atoms with Gasteiger partial charge in [-0.2, -0.15) is 0 Å². The van der Waals surface area contributed by atoms with Crippen LogP contribution in [0, 0.1) is 5.92 Å². The van der Waals surface area contributed by atoms with E-state index >= 15 is 0 Å². The number of nitrogens with two attached hydrogens (primary N) is 1. The number of carbonyl (C=O) groups is 2. The van der Waals surface area contributed by atoms with Gasteiger partial charge in [-0.15, -0.1) is 0 Å². The summed E-state index contributed by atoms with van der Waals surface area (Å²) in [4.78, 5) is 31.0. The molecule has 4 rings (SSSR count). The van der Waals surface area contributed by atoms with Crippen molar-refractivity contribution in [2.45, 2.75) is 31.6 Å². The molecular weight excluding hydrogens is 302 g/mol. The second-order valence-electron chi connectivity index (χ2n) is 6.88. The van der Waals surface area contributed by atoms with E-state index in [-0.39, 0.29) is 17.7 Å². The van der Waals surface area contributed by atoms with Gasteiger partial charge in [0.1, 0.15) is 0 Å². The molecule has 1 aliphatic heterocycles. The number of hydrogen-bond donors (Lipinski definition) is 1. The largest absolute Gasteiger partial charge is 0.366 e. The Morgan fingerprint density at radius 3 is 2.71 bits per heavy atom. The van der Waals surface area contributed by atoms with E-state index in [0.29, 0.717) is 12.1 Å². The van der Waals surface area contributed by atoms with Crippen LogP contribution in [0.2, 0.25) is 0 Å². The van der Waals surface area contributed by atoms with Crippen molar-refractivity contribution >= 4 is 22.7 Å². The van der Waals surface area contributed by atoms with Gasteiger partial charge in [0.05, 0.1) is 16.8 Å². The number of primary amides is 1. The SMILES string of the molecule is NC(=O)c1cc2ccccc2nc1C1CCCN(C(=O)C2CC2)C1. The zero-order valence-corrected chi connectivity index (χ0v) is 13.6. The lowest BCUT2D eigenvalue weighted by atomic mass is 9.90. The van der Waals surface area contributed by atoms with Gasteiger partial charge in [0.15, 0.2) is 0 Å². The van der Waals surface area contributed by atoms with Crippen molar-refractivity contribution in [1.82, 2.24) is 9.88 Å². The van der Waals surface area contributed by atoms with Crippen molar-refractivity contribution in [3.8, 4) is 0 Å². The van der Waals surface area contributed by atoms with Gasteiger partial charge in [-0.1, -0.05) is 18.2 Å². The van der Waals surface area contributed by atoms with Crippen LogP contribution in [0.3, 0.4) is 0 Å². The number of pyridine rings is 1. The lowest BCUT2D eigenvalue weighted by molar-refractivity contribution is -0.133. The summed E-state index contributed by atoms with van der Waals surface area (Å²) >= 11 is 0. The fourth-order valence-electron chi connectivity index (χ4n) is 3.63. The fraction of sp³-hybridized carbons (Fsp3) is 0.421. The Kier molecular flexibility index (Phi) is 3.71. The summed E-state index contributed by atoms with van der Waals surface area (Å²) in [6.45, 7) is 1.45. The first kappa shape index (κ1) is 15.1. The molecule has 24 heavy (non-hydrogen) atoms. The van der Waals surface area contributed by atoms with Gasteiger partial charge in [-0.3, -0.25) is 14.6 Å². The normalized spacial score (nSPS) is 21.0. The topological polar surface area (TPSA) is 76.3 Å². The smallest absolute Gasteiger partial charge is 0.250 e. The number of hydrogen-bond acceptors (Lipinski definition) is 3. The first-order valence-corrected chi connectivity index (χ1v) is 8.62. The minimum Gasteiger partial charge on any atom is -0.366 e. The molecule has 5 nitrogen and oxygen atoms in total. The van der Waals surface area contributed by atoms with Gasteiger partial charge >= 0.3 is 0 Å². The summed E-state index contributed by atoms with van der Waals surface area (Å²) in [5.41, 5.74) is 7.70. The van der Waals surface area contributed by atoms with Crippen LogP contribution in [0.4, 0.5) is 0 Å². The van der Waals surface area contributed by atoms with Crippen molar-refractivity contribution in [3.05, 3.63) is 41.6 Å². The Balaban J connectivity index is 1.69. The fourth-order valence-corrected chi connectivity index (χ4v) is 3.63. The number of likely N-dealkylation sites (tertiary alicyclic amines) is 1. The summed E-state index contributed by atoms with van der Waals surface area (Å²) in [7, 11) is 0. The Hall–Kier alpha value is -2.43. The molecule has 2 aliphatic rings. The molecule has 1 unspecified atom stereocenters. The molecule has 0 radical (unpaired) electrons. The van der Waals surface area contributed by atoms with Crippen LogP contribution in [0.15, 0.2) is 30.3 Å². The monoisotopic (exact) mass is 323 g/mol. The molecule has 2 fully saturated rings. The molecule has 1 aliphatic carbocycles. The number of benzene rings is 1. The quantitative estimate of drug-likeness (QED) is 0.942. The van der Waals surface area contributed by atoms with E-state index in [9.17, 15) is 9.59 Å². The summed E-state index contributed by atoms with van der Waals surface area (Å²) in [5, 5.41) is 0.914. The number of amides is 2. The van der Waals surface area contributed by atoms with E-state index in [1.165, 1.54) is 0 Å². The van der Waals surface area contributed by atoms with Crippen LogP contribution >= 0.6 is 0 Å². The van der Waals surface area contributed by atoms with E-state index in [4.69, 9.17) is 10.7 Å². The molecule has 1 atom stereocenters. The highest BCUT2D eigenvalue weighted by Crippen LogP contribution is 2.35. The maximum atomic E-state index is 12.4. The highest BCUT2D eigenvalue weighted by molar-refractivity contribution is 5.97. The second kappa shape index (κ2) is 5.89. The van der Waals surface area contributed by atoms with Crippen molar-refractivity contribution in [3.63, 3.8) is 0 Å². The first-order chi connectivity index (χ1) is 11.6. The third-order valence-corrected chi connectivity index (χ3v) is 5.07. The van der Waals surface area contributed by atoms with Crippen molar-refractivity contribution in [1.29, 1.82) is 0 Å². The van der Waals surface area contributed by atoms with Gasteiger partial charge in [0, 0.05) is 30.3 Å². The van der Waals surface area contributed by atoms with Gasteiger partial charge in [-0.25, -0.2) is 0 Å². The third kappa shape index (κ3) is 2.75. The van der Waals surface area contributed by atoms with E-state index in [1.54, 1.807) is 0 Å². The van der Waals surface area contributed by atoms with Crippen LogP contribution in [0.1, 0.15) is 47.7 Å². The van der Waals surface area contributed by atoms with Gasteiger partial charge < -0.3 is 10.6 Å². The Morgan fingerprint density at radius 1 is 1.17 bits per heavy atom. The minimum atomic E-state index is -0.450. The van der Waals surface area contributed by atoms with Gasteiger partial charge in [0.2, 0.25) is 5.91 Å². The lowest BCUT2D eigenvalue weighted by Gasteiger charge is -2.33. The van der Waals surface area contributed by atoms with E-state index < -0.39 is 5.91 Å². The number of rotatable bonds is 3. The minimum absolute atomic E-state index is 0.0774. The first-order valence-electron chi connectivity index (χ1n) is 8.62. The van der Waals surface area contributed by atoms with Crippen molar-refractivity contribution in [2.75, 3.05) is 13.1 Å². The molecule has 1 saturated heterocycles. The van der Waals surface area contributed by atoms with E-state index in [0.717, 1.165) is 48.8 Å². The van der Waals surface area contributed by atoms with Crippen LogP contribution in [-0.4, -0.2) is 34.8 Å². The predicted octanol–water partition coefficient (Wildman–Crippen LogP) is 2.45. The molecule has 0 bridgehead atoms. The molecule has 0 spiro atoms.